The van der Waals surface area contributed by atoms with Crippen molar-refractivity contribution in [2.75, 3.05) is 6.54 Å². The van der Waals surface area contributed by atoms with Crippen LogP contribution < -0.4 is 5.73 Å². The number of amides is 2. The first-order valence-electron chi connectivity index (χ1n) is 6.18. The Bertz CT molecular complexity index is 458. The van der Waals surface area contributed by atoms with Crippen molar-refractivity contribution in [3.8, 4) is 0 Å². The monoisotopic (exact) mass is 246 g/mol. The Balaban J connectivity index is 2.33. The summed E-state index contributed by atoms with van der Waals surface area (Å²) >= 11 is 0. The molecule has 1 aromatic carbocycles. The molecular weight excluding hydrogens is 228 g/mol. The molecule has 1 fully saturated rings. The number of rotatable bonds is 3. The highest BCUT2D eigenvalue weighted by Crippen LogP contribution is 2.32. The fraction of sp³-hybridized carbons (Fsp3) is 0.429. The van der Waals surface area contributed by atoms with Crippen molar-refractivity contribution in [2.45, 2.75) is 31.7 Å². The lowest BCUT2D eigenvalue weighted by molar-refractivity contribution is -0.141. The van der Waals surface area contributed by atoms with Gasteiger partial charge in [0.25, 0.3) is 0 Å². The number of carbonyl (C=O) groups is 2. The van der Waals surface area contributed by atoms with Gasteiger partial charge in [0.1, 0.15) is 5.54 Å². The van der Waals surface area contributed by atoms with Crippen LogP contribution in [0.2, 0.25) is 0 Å². The highest BCUT2D eigenvalue weighted by Gasteiger charge is 2.47. The molecule has 2 amide bonds. The summed E-state index contributed by atoms with van der Waals surface area (Å²) in [6, 6.07) is 9.70. The van der Waals surface area contributed by atoms with Gasteiger partial charge in [-0.3, -0.25) is 9.59 Å². The number of primary amides is 1. The van der Waals surface area contributed by atoms with Crippen LogP contribution in [0, 0.1) is 0 Å². The normalized spacial score (nSPS) is 23.1. The summed E-state index contributed by atoms with van der Waals surface area (Å²) < 4.78 is 0. The first kappa shape index (κ1) is 12.6. The van der Waals surface area contributed by atoms with Gasteiger partial charge in [-0.2, -0.15) is 0 Å². The molecule has 0 radical (unpaired) electrons. The SMILES string of the molecule is CC(=O)N1CCCC1(Cc1ccccc1)C(N)=O. The first-order valence-corrected chi connectivity index (χ1v) is 6.18. The zero-order chi connectivity index (χ0) is 13.2. The van der Waals surface area contributed by atoms with E-state index >= 15 is 0 Å². The third kappa shape index (κ3) is 2.10. The van der Waals surface area contributed by atoms with Crippen molar-refractivity contribution in [3.63, 3.8) is 0 Å². The number of likely N-dealkylation sites (tertiary alicyclic amines) is 1. The van der Waals surface area contributed by atoms with Crippen LogP contribution in [0.4, 0.5) is 0 Å². The molecule has 1 saturated heterocycles. The second-order valence-electron chi connectivity index (χ2n) is 4.83. The molecule has 0 aromatic heterocycles. The van der Waals surface area contributed by atoms with Gasteiger partial charge in [0.2, 0.25) is 11.8 Å². The minimum Gasteiger partial charge on any atom is -0.368 e. The van der Waals surface area contributed by atoms with Gasteiger partial charge in [0.15, 0.2) is 0 Å². The minimum absolute atomic E-state index is 0.0813. The number of hydrogen-bond donors (Lipinski definition) is 1. The summed E-state index contributed by atoms with van der Waals surface area (Å²) in [6.07, 6.45) is 1.98. The second-order valence-corrected chi connectivity index (χ2v) is 4.83. The first-order chi connectivity index (χ1) is 8.56. The maximum absolute atomic E-state index is 11.9. The summed E-state index contributed by atoms with van der Waals surface area (Å²) in [6.45, 7) is 2.11. The average Bonchev–Trinajstić information content (AvgIpc) is 2.75. The number of benzene rings is 1. The van der Waals surface area contributed by atoms with Crippen LogP contribution in [0.5, 0.6) is 0 Å². The fourth-order valence-corrected chi connectivity index (χ4v) is 2.80. The van der Waals surface area contributed by atoms with Crippen molar-refractivity contribution in [1.82, 2.24) is 4.90 Å². The highest BCUT2D eigenvalue weighted by atomic mass is 16.2. The van der Waals surface area contributed by atoms with E-state index < -0.39 is 11.4 Å². The predicted molar refractivity (Wildman–Crippen MR) is 68.7 cm³/mol. The van der Waals surface area contributed by atoms with Crippen LogP contribution in [-0.2, 0) is 16.0 Å². The van der Waals surface area contributed by atoms with Gasteiger partial charge in [0, 0.05) is 19.9 Å². The van der Waals surface area contributed by atoms with Gasteiger partial charge in [0.05, 0.1) is 0 Å². The van der Waals surface area contributed by atoms with Crippen LogP contribution in [0.15, 0.2) is 30.3 Å². The molecule has 1 aromatic rings. The molecule has 1 aliphatic heterocycles. The quantitative estimate of drug-likeness (QED) is 0.868. The minimum atomic E-state index is -0.840. The molecule has 1 aliphatic rings. The van der Waals surface area contributed by atoms with Crippen molar-refractivity contribution < 1.29 is 9.59 Å². The zero-order valence-electron chi connectivity index (χ0n) is 10.6. The van der Waals surface area contributed by atoms with Crippen molar-refractivity contribution in [3.05, 3.63) is 35.9 Å². The molecule has 96 valence electrons. The van der Waals surface area contributed by atoms with E-state index in [9.17, 15) is 9.59 Å². The van der Waals surface area contributed by atoms with Gasteiger partial charge in [-0.15, -0.1) is 0 Å². The molecule has 1 heterocycles. The van der Waals surface area contributed by atoms with E-state index in [1.165, 1.54) is 6.92 Å². The Morgan fingerprint density at radius 1 is 1.33 bits per heavy atom. The molecule has 0 bridgehead atoms. The molecule has 1 atom stereocenters. The van der Waals surface area contributed by atoms with E-state index in [1.807, 2.05) is 30.3 Å². The topological polar surface area (TPSA) is 63.4 Å². The van der Waals surface area contributed by atoms with Gasteiger partial charge < -0.3 is 10.6 Å². The van der Waals surface area contributed by atoms with E-state index in [0.29, 0.717) is 19.4 Å². The van der Waals surface area contributed by atoms with Gasteiger partial charge in [-0.05, 0) is 18.4 Å². The summed E-state index contributed by atoms with van der Waals surface area (Å²) in [7, 11) is 0. The molecule has 1 unspecified atom stereocenters. The molecule has 18 heavy (non-hydrogen) atoms. The van der Waals surface area contributed by atoms with Gasteiger partial charge >= 0.3 is 0 Å². The molecule has 4 nitrogen and oxygen atoms in total. The molecule has 2 N–H and O–H groups in total. The smallest absolute Gasteiger partial charge is 0.243 e. The van der Waals surface area contributed by atoms with E-state index in [0.717, 1.165) is 12.0 Å². The standard InChI is InChI=1S/C14H18N2O2/c1-11(17)16-9-5-8-14(16,13(15)18)10-12-6-3-2-4-7-12/h2-4,6-7H,5,8-10H2,1H3,(H2,15,18). The maximum atomic E-state index is 11.9. The lowest BCUT2D eigenvalue weighted by Gasteiger charge is -2.35. The van der Waals surface area contributed by atoms with Crippen LogP contribution in [0.3, 0.4) is 0 Å². The van der Waals surface area contributed by atoms with Gasteiger partial charge in [-0.1, -0.05) is 30.3 Å². The lowest BCUT2D eigenvalue weighted by atomic mass is 9.87. The van der Waals surface area contributed by atoms with E-state index in [-0.39, 0.29) is 5.91 Å². The predicted octanol–water partition coefficient (Wildman–Crippen LogP) is 1.10. The Morgan fingerprint density at radius 3 is 2.56 bits per heavy atom. The second kappa shape index (κ2) is 4.80. The van der Waals surface area contributed by atoms with Crippen LogP contribution >= 0.6 is 0 Å². The molecule has 2 rings (SSSR count). The number of nitrogens with two attached hydrogens (primary N) is 1. The third-order valence-corrected chi connectivity index (χ3v) is 3.67. The van der Waals surface area contributed by atoms with Crippen molar-refractivity contribution in [1.29, 1.82) is 0 Å². The van der Waals surface area contributed by atoms with E-state index in [1.54, 1.807) is 4.90 Å². The molecule has 4 heteroatoms. The maximum Gasteiger partial charge on any atom is 0.243 e. The molecule has 0 saturated carbocycles. The molecule has 0 spiro atoms. The van der Waals surface area contributed by atoms with Crippen LogP contribution in [0.1, 0.15) is 25.3 Å². The lowest BCUT2D eigenvalue weighted by Crippen LogP contribution is -2.56. The highest BCUT2D eigenvalue weighted by molar-refractivity contribution is 5.90. The Morgan fingerprint density at radius 2 is 2.00 bits per heavy atom. The number of carbonyl (C=O) groups excluding carboxylic acids is 2. The summed E-state index contributed by atoms with van der Waals surface area (Å²) in [5.41, 5.74) is 5.77. The molecular formula is C14H18N2O2. The summed E-state index contributed by atoms with van der Waals surface area (Å²) in [5.74, 6) is -0.485. The van der Waals surface area contributed by atoms with Crippen molar-refractivity contribution >= 4 is 11.8 Å². The summed E-state index contributed by atoms with van der Waals surface area (Å²) in [4.78, 5) is 25.2. The van der Waals surface area contributed by atoms with E-state index in [4.69, 9.17) is 5.73 Å². The van der Waals surface area contributed by atoms with Gasteiger partial charge in [-0.25, -0.2) is 0 Å². The Hall–Kier alpha value is -1.84. The average molecular weight is 246 g/mol. The zero-order valence-corrected chi connectivity index (χ0v) is 10.6. The third-order valence-electron chi connectivity index (χ3n) is 3.67. The largest absolute Gasteiger partial charge is 0.368 e. The number of hydrogen-bond acceptors (Lipinski definition) is 2. The van der Waals surface area contributed by atoms with Crippen LogP contribution in [0.25, 0.3) is 0 Å². The Kier molecular flexibility index (Phi) is 3.36. The number of nitrogens with zero attached hydrogens (tertiary/aromatic N) is 1. The molecule has 0 aliphatic carbocycles. The van der Waals surface area contributed by atoms with Crippen LogP contribution in [-0.4, -0.2) is 28.8 Å². The Labute approximate surface area is 107 Å². The van der Waals surface area contributed by atoms with Crippen molar-refractivity contribution in [2.24, 2.45) is 5.73 Å². The fourth-order valence-electron chi connectivity index (χ4n) is 2.80. The summed E-state index contributed by atoms with van der Waals surface area (Å²) in [5, 5.41) is 0. The van der Waals surface area contributed by atoms with E-state index in [2.05, 4.69) is 0 Å².